The van der Waals surface area contributed by atoms with Gasteiger partial charge in [-0.15, -0.1) is 22.7 Å². The zero-order valence-electron chi connectivity index (χ0n) is 20.5. The van der Waals surface area contributed by atoms with Crippen molar-refractivity contribution in [2.24, 2.45) is 5.92 Å². The molecule has 0 fully saturated rings. The molecule has 0 saturated carbocycles. The minimum Gasteiger partial charge on any atom is -0.468 e. The maximum absolute atomic E-state index is 13.5. The summed E-state index contributed by atoms with van der Waals surface area (Å²) in [5.74, 6) is -2.29. The minimum absolute atomic E-state index is 0.149. The average Bonchev–Trinajstić information content (AvgIpc) is 3.55. The molecule has 1 unspecified atom stereocenters. The van der Waals surface area contributed by atoms with Crippen molar-refractivity contribution in [1.82, 2.24) is 10.3 Å². The molecule has 0 spiro atoms. The van der Waals surface area contributed by atoms with Crippen LogP contribution in [0.15, 0.2) is 72.1 Å². The summed E-state index contributed by atoms with van der Waals surface area (Å²) in [5, 5.41) is 5.39. The second-order valence-corrected chi connectivity index (χ2v) is 12.2. The Morgan fingerprint density at radius 2 is 1.79 bits per heavy atom. The molecule has 39 heavy (non-hydrogen) atoms. The molecule has 0 saturated heterocycles. The summed E-state index contributed by atoms with van der Waals surface area (Å²) in [6, 6.07) is 18.5. The van der Waals surface area contributed by atoms with Gasteiger partial charge in [-0.3, -0.25) is 18.9 Å². The van der Waals surface area contributed by atoms with E-state index in [1.165, 1.54) is 35.8 Å². The summed E-state index contributed by atoms with van der Waals surface area (Å²) < 4.78 is 39.3. The van der Waals surface area contributed by atoms with Crippen molar-refractivity contribution in [3.8, 4) is 10.6 Å². The number of nitrogens with one attached hydrogen (secondary N) is 2. The van der Waals surface area contributed by atoms with E-state index in [-0.39, 0.29) is 18.5 Å². The van der Waals surface area contributed by atoms with E-state index in [1.54, 1.807) is 24.3 Å². The first-order valence-corrected chi connectivity index (χ1v) is 15.1. The lowest BCUT2D eigenvalue weighted by molar-refractivity contribution is -0.150. The van der Waals surface area contributed by atoms with Crippen LogP contribution >= 0.6 is 34.3 Å². The number of hydrogen-bond acceptors (Lipinski definition) is 8. The fourth-order valence-electron chi connectivity index (χ4n) is 3.91. The topological polar surface area (TPSA) is 135 Å². The Balaban J connectivity index is 1.64. The highest BCUT2D eigenvalue weighted by Gasteiger charge is 2.31. The van der Waals surface area contributed by atoms with Gasteiger partial charge in [0.25, 0.3) is 0 Å². The van der Waals surface area contributed by atoms with E-state index < -0.39 is 34.1 Å². The monoisotopic (exact) mass is 605 g/mol. The quantitative estimate of drug-likeness (QED) is 0.122. The Kier molecular flexibility index (Phi) is 9.36. The maximum Gasteiger partial charge on any atom is 0.357 e. The van der Waals surface area contributed by atoms with E-state index in [4.69, 9.17) is 25.9 Å². The minimum atomic E-state index is -4.46. The van der Waals surface area contributed by atoms with E-state index in [1.807, 2.05) is 46.5 Å². The summed E-state index contributed by atoms with van der Waals surface area (Å²) in [5.41, 5.74) is 2.31. The van der Waals surface area contributed by atoms with Gasteiger partial charge in [-0.25, -0.2) is 4.98 Å². The molecule has 0 aliphatic carbocycles. The lowest BCUT2D eigenvalue weighted by Gasteiger charge is -2.21. The van der Waals surface area contributed by atoms with Crippen molar-refractivity contribution in [3.63, 3.8) is 0 Å². The van der Waals surface area contributed by atoms with Gasteiger partial charge in [0.1, 0.15) is 10.9 Å². The number of ether oxygens (including phenoxy) is 1. The standard InChI is InChI=1S/C26H24ClN3O6S3/c1-36-26(32)19(13-16-6-3-2-4-7-16)24(31)28-20(14-17-8-5-9-18(12-17)30-39(33,34)35)25-29-21(15-37-25)22-10-11-23(27)38-22/h2-12,15,19-20,30H,13-14H2,1H3,(H,28,31)(H,33,34,35)/t19-,20?/m0/s1. The fraction of sp³-hybridized carbons (Fsp3) is 0.192. The molecule has 2 aromatic carbocycles. The summed E-state index contributed by atoms with van der Waals surface area (Å²) in [6.45, 7) is 0. The molecule has 2 heterocycles. The molecule has 9 nitrogen and oxygen atoms in total. The number of aromatic nitrogens is 1. The number of hydrogen-bond donors (Lipinski definition) is 3. The molecule has 2 aromatic heterocycles. The molecule has 0 bridgehead atoms. The second kappa shape index (κ2) is 12.7. The van der Waals surface area contributed by atoms with Crippen LogP contribution in [-0.4, -0.2) is 36.9 Å². The summed E-state index contributed by atoms with van der Waals surface area (Å²) in [6.07, 6.45) is 0.376. The zero-order chi connectivity index (χ0) is 28.0. The number of carbonyl (C=O) groups excluding carboxylic acids is 2. The highest BCUT2D eigenvalue weighted by atomic mass is 35.5. The number of thiazole rings is 1. The molecule has 204 valence electrons. The van der Waals surface area contributed by atoms with Crippen molar-refractivity contribution >= 4 is 62.1 Å². The average molecular weight is 606 g/mol. The zero-order valence-corrected chi connectivity index (χ0v) is 23.7. The number of methoxy groups -OCH3 is 1. The van der Waals surface area contributed by atoms with Crippen LogP contribution in [-0.2, 0) is 37.5 Å². The van der Waals surface area contributed by atoms with Crippen molar-refractivity contribution in [3.05, 3.63) is 92.6 Å². The molecule has 3 N–H and O–H groups in total. The van der Waals surface area contributed by atoms with Gasteiger partial charge in [0.05, 0.1) is 33.7 Å². The highest BCUT2D eigenvalue weighted by Crippen LogP contribution is 2.34. The Bertz CT molecular complexity index is 1560. The van der Waals surface area contributed by atoms with Gasteiger partial charge < -0.3 is 10.1 Å². The number of thiophene rings is 1. The first-order chi connectivity index (χ1) is 18.6. The van der Waals surface area contributed by atoms with Crippen molar-refractivity contribution in [2.45, 2.75) is 18.9 Å². The highest BCUT2D eigenvalue weighted by molar-refractivity contribution is 7.87. The number of benzene rings is 2. The summed E-state index contributed by atoms with van der Waals surface area (Å²) >= 11 is 8.80. The number of carbonyl (C=O) groups is 2. The Morgan fingerprint density at radius 3 is 2.46 bits per heavy atom. The van der Waals surface area contributed by atoms with Gasteiger partial charge in [0.15, 0.2) is 0 Å². The van der Waals surface area contributed by atoms with Gasteiger partial charge in [-0.2, -0.15) is 8.42 Å². The van der Waals surface area contributed by atoms with Crippen molar-refractivity contribution in [1.29, 1.82) is 0 Å². The van der Waals surface area contributed by atoms with Gasteiger partial charge >= 0.3 is 16.3 Å². The first kappa shape index (κ1) is 28.7. The first-order valence-electron chi connectivity index (χ1n) is 11.6. The molecule has 4 rings (SSSR count). The number of amides is 1. The van der Waals surface area contributed by atoms with Crippen LogP contribution in [0, 0.1) is 5.92 Å². The van der Waals surface area contributed by atoms with Gasteiger partial charge in [-0.05, 0) is 48.2 Å². The summed E-state index contributed by atoms with van der Waals surface area (Å²) in [4.78, 5) is 31.7. The Hall–Kier alpha value is -3.29. The number of nitrogens with zero attached hydrogens (tertiary/aromatic N) is 1. The SMILES string of the molecule is COC(=O)[C@@H](Cc1ccccc1)C(=O)NC(Cc1cccc(NS(=O)(=O)O)c1)c1nc(-c2ccc(Cl)s2)cs1. The van der Waals surface area contributed by atoms with E-state index >= 15 is 0 Å². The van der Waals surface area contributed by atoms with Crippen molar-refractivity contribution in [2.75, 3.05) is 11.8 Å². The largest absolute Gasteiger partial charge is 0.468 e. The van der Waals surface area contributed by atoms with Crippen LogP contribution < -0.4 is 10.0 Å². The van der Waals surface area contributed by atoms with Crippen molar-refractivity contribution < 1.29 is 27.3 Å². The molecule has 13 heteroatoms. The molecular weight excluding hydrogens is 582 g/mol. The normalized spacial score (nSPS) is 12.9. The molecular formula is C26H24ClN3O6S3. The number of esters is 1. The van der Waals surface area contributed by atoms with E-state index in [2.05, 4.69) is 5.32 Å². The predicted molar refractivity (Wildman–Crippen MR) is 152 cm³/mol. The van der Waals surface area contributed by atoms with Gasteiger partial charge in [0.2, 0.25) is 5.91 Å². The van der Waals surface area contributed by atoms with Crippen LogP contribution in [0.3, 0.4) is 0 Å². The molecule has 2 atom stereocenters. The molecule has 4 aromatic rings. The lowest BCUT2D eigenvalue weighted by Crippen LogP contribution is -2.40. The van der Waals surface area contributed by atoms with Crippen LogP contribution in [0.25, 0.3) is 10.6 Å². The third-order valence-electron chi connectivity index (χ3n) is 5.66. The van der Waals surface area contributed by atoms with Crippen LogP contribution in [0.4, 0.5) is 5.69 Å². The third-order valence-corrected chi connectivity index (χ3v) is 8.37. The smallest absolute Gasteiger partial charge is 0.357 e. The third kappa shape index (κ3) is 8.10. The molecule has 0 aliphatic rings. The van der Waals surface area contributed by atoms with Crippen LogP contribution in [0.5, 0.6) is 0 Å². The Labute approximate surface area is 238 Å². The maximum atomic E-state index is 13.5. The molecule has 0 radical (unpaired) electrons. The predicted octanol–water partition coefficient (Wildman–Crippen LogP) is 5.17. The number of halogens is 1. The fourth-order valence-corrected chi connectivity index (χ4v) is 6.28. The number of rotatable bonds is 11. The molecule has 1 amide bonds. The number of anilines is 1. The van der Waals surface area contributed by atoms with E-state index in [0.717, 1.165) is 10.4 Å². The van der Waals surface area contributed by atoms with Crippen LogP contribution in [0.1, 0.15) is 22.2 Å². The van der Waals surface area contributed by atoms with E-state index in [0.29, 0.717) is 20.6 Å². The summed E-state index contributed by atoms with van der Waals surface area (Å²) in [7, 11) is -3.23. The van der Waals surface area contributed by atoms with Gasteiger partial charge in [-0.1, -0.05) is 54.1 Å². The Morgan fingerprint density at radius 1 is 1.05 bits per heavy atom. The van der Waals surface area contributed by atoms with E-state index in [9.17, 15) is 18.0 Å². The van der Waals surface area contributed by atoms with Crippen LogP contribution in [0.2, 0.25) is 4.34 Å². The van der Waals surface area contributed by atoms with Gasteiger partial charge in [0, 0.05) is 5.38 Å². The molecule has 0 aliphatic heterocycles. The lowest BCUT2D eigenvalue weighted by atomic mass is 9.97. The second-order valence-electron chi connectivity index (χ2n) is 8.48.